The SMILES string of the molecule is C=C/C=C(\C=C/Cl)c1cc(C)ccc1C. The molecule has 1 heteroatoms. The van der Waals surface area contributed by atoms with E-state index in [1.54, 1.807) is 6.08 Å². The molecule has 0 bridgehead atoms. The molecule has 0 atom stereocenters. The van der Waals surface area contributed by atoms with Crippen molar-refractivity contribution in [1.29, 1.82) is 0 Å². The number of benzene rings is 1. The van der Waals surface area contributed by atoms with Crippen LogP contribution in [0.15, 0.2) is 48.5 Å². The third-order valence-corrected chi connectivity index (χ3v) is 2.37. The Labute approximate surface area is 96.6 Å². The number of hydrogen-bond donors (Lipinski definition) is 0. The maximum atomic E-state index is 5.62. The summed E-state index contributed by atoms with van der Waals surface area (Å²) in [5.41, 5.74) is 6.29. The van der Waals surface area contributed by atoms with Gasteiger partial charge in [-0.05, 0) is 36.6 Å². The molecule has 0 aromatic heterocycles. The molecule has 0 saturated heterocycles. The van der Waals surface area contributed by atoms with Gasteiger partial charge in [-0.25, -0.2) is 0 Å². The molecular formula is C14H15Cl. The van der Waals surface area contributed by atoms with E-state index in [0.29, 0.717) is 0 Å². The van der Waals surface area contributed by atoms with Crippen LogP contribution in [0.5, 0.6) is 0 Å². The molecule has 0 heterocycles. The molecule has 1 aromatic rings. The van der Waals surface area contributed by atoms with E-state index in [9.17, 15) is 0 Å². The molecule has 0 spiro atoms. The van der Waals surface area contributed by atoms with E-state index in [1.165, 1.54) is 22.2 Å². The fourth-order valence-electron chi connectivity index (χ4n) is 1.48. The van der Waals surface area contributed by atoms with E-state index in [-0.39, 0.29) is 0 Å². The highest BCUT2D eigenvalue weighted by molar-refractivity contribution is 6.26. The average molecular weight is 219 g/mol. The minimum atomic E-state index is 1.08. The Morgan fingerprint density at radius 2 is 2.07 bits per heavy atom. The lowest BCUT2D eigenvalue weighted by Gasteiger charge is -2.07. The molecule has 0 unspecified atom stereocenters. The van der Waals surface area contributed by atoms with Gasteiger partial charge in [0.15, 0.2) is 0 Å². The van der Waals surface area contributed by atoms with Crippen molar-refractivity contribution in [3.8, 4) is 0 Å². The second-order valence-electron chi connectivity index (χ2n) is 3.47. The largest absolute Gasteiger partial charge is 0.0990 e. The summed E-state index contributed by atoms with van der Waals surface area (Å²) in [7, 11) is 0. The molecule has 0 nitrogen and oxygen atoms in total. The van der Waals surface area contributed by atoms with E-state index in [1.807, 2.05) is 12.2 Å². The van der Waals surface area contributed by atoms with Gasteiger partial charge in [0.2, 0.25) is 0 Å². The fraction of sp³-hybridized carbons (Fsp3) is 0.143. The van der Waals surface area contributed by atoms with Crippen LogP contribution in [0.4, 0.5) is 0 Å². The third kappa shape index (κ3) is 3.10. The van der Waals surface area contributed by atoms with Gasteiger partial charge in [0, 0.05) is 5.54 Å². The summed E-state index contributed by atoms with van der Waals surface area (Å²) in [6.45, 7) is 7.88. The first-order chi connectivity index (χ1) is 7.19. The van der Waals surface area contributed by atoms with Gasteiger partial charge in [-0.15, -0.1) is 0 Å². The van der Waals surface area contributed by atoms with Gasteiger partial charge in [-0.1, -0.05) is 54.1 Å². The lowest BCUT2D eigenvalue weighted by Crippen LogP contribution is -1.87. The Morgan fingerprint density at radius 3 is 2.67 bits per heavy atom. The first kappa shape index (κ1) is 11.8. The smallest absolute Gasteiger partial charge is 0.00486 e. The predicted octanol–water partition coefficient (Wildman–Crippen LogP) is 4.63. The second-order valence-corrected chi connectivity index (χ2v) is 3.72. The van der Waals surface area contributed by atoms with Gasteiger partial charge in [0.05, 0.1) is 0 Å². The lowest BCUT2D eigenvalue weighted by molar-refractivity contribution is 1.36. The first-order valence-electron chi connectivity index (χ1n) is 4.86. The van der Waals surface area contributed by atoms with Crippen molar-refractivity contribution < 1.29 is 0 Å². The van der Waals surface area contributed by atoms with E-state index in [4.69, 9.17) is 11.6 Å². The van der Waals surface area contributed by atoms with Crippen molar-refractivity contribution in [2.45, 2.75) is 13.8 Å². The minimum absolute atomic E-state index is 1.08. The maximum absolute atomic E-state index is 5.62. The molecule has 1 aromatic carbocycles. The van der Waals surface area contributed by atoms with Crippen LogP contribution in [-0.2, 0) is 0 Å². The van der Waals surface area contributed by atoms with Crippen LogP contribution >= 0.6 is 11.6 Å². The van der Waals surface area contributed by atoms with Crippen LogP contribution in [0.25, 0.3) is 5.57 Å². The number of allylic oxidation sites excluding steroid dienone is 4. The van der Waals surface area contributed by atoms with Crippen molar-refractivity contribution in [2.24, 2.45) is 0 Å². The highest BCUT2D eigenvalue weighted by atomic mass is 35.5. The monoisotopic (exact) mass is 218 g/mol. The van der Waals surface area contributed by atoms with Gasteiger partial charge < -0.3 is 0 Å². The quantitative estimate of drug-likeness (QED) is 0.650. The molecule has 0 fully saturated rings. The zero-order chi connectivity index (χ0) is 11.3. The Hall–Kier alpha value is -1.27. The lowest BCUT2D eigenvalue weighted by atomic mass is 9.98. The fourth-order valence-corrected chi connectivity index (χ4v) is 1.61. The molecule has 0 amide bonds. The van der Waals surface area contributed by atoms with Crippen molar-refractivity contribution in [1.82, 2.24) is 0 Å². The number of rotatable bonds is 3. The Morgan fingerprint density at radius 1 is 1.33 bits per heavy atom. The van der Waals surface area contributed by atoms with Crippen LogP contribution < -0.4 is 0 Å². The zero-order valence-corrected chi connectivity index (χ0v) is 9.88. The second kappa shape index (κ2) is 5.57. The van der Waals surface area contributed by atoms with Gasteiger partial charge in [-0.3, -0.25) is 0 Å². The summed E-state index contributed by atoms with van der Waals surface area (Å²) < 4.78 is 0. The summed E-state index contributed by atoms with van der Waals surface area (Å²) in [6.07, 6.45) is 5.61. The summed E-state index contributed by atoms with van der Waals surface area (Å²) in [5, 5.41) is 0. The minimum Gasteiger partial charge on any atom is -0.0990 e. The summed E-state index contributed by atoms with van der Waals surface area (Å²) in [6, 6.07) is 6.37. The van der Waals surface area contributed by atoms with Crippen LogP contribution in [0.3, 0.4) is 0 Å². The van der Waals surface area contributed by atoms with E-state index >= 15 is 0 Å². The first-order valence-corrected chi connectivity index (χ1v) is 5.29. The Balaban J connectivity index is 3.27. The van der Waals surface area contributed by atoms with Gasteiger partial charge in [-0.2, -0.15) is 0 Å². The number of hydrogen-bond acceptors (Lipinski definition) is 0. The predicted molar refractivity (Wildman–Crippen MR) is 69.1 cm³/mol. The normalized spacial score (nSPS) is 12.1. The topological polar surface area (TPSA) is 0 Å². The van der Waals surface area contributed by atoms with Crippen LogP contribution in [-0.4, -0.2) is 0 Å². The van der Waals surface area contributed by atoms with Gasteiger partial charge >= 0.3 is 0 Å². The highest BCUT2D eigenvalue weighted by Crippen LogP contribution is 2.21. The van der Waals surface area contributed by atoms with Gasteiger partial charge in [0.1, 0.15) is 0 Å². The van der Waals surface area contributed by atoms with E-state index in [0.717, 1.165) is 5.57 Å². The van der Waals surface area contributed by atoms with Crippen molar-refractivity contribution in [3.63, 3.8) is 0 Å². The highest BCUT2D eigenvalue weighted by Gasteiger charge is 2.01. The van der Waals surface area contributed by atoms with Crippen LogP contribution in [0.2, 0.25) is 0 Å². The molecule has 0 aliphatic heterocycles. The molecule has 15 heavy (non-hydrogen) atoms. The molecule has 0 radical (unpaired) electrons. The van der Waals surface area contributed by atoms with Crippen molar-refractivity contribution in [3.05, 3.63) is 65.2 Å². The molecule has 1 rings (SSSR count). The van der Waals surface area contributed by atoms with E-state index in [2.05, 4.69) is 38.6 Å². The third-order valence-electron chi connectivity index (χ3n) is 2.24. The standard InChI is InChI=1S/C14H15Cl/c1-4-5-13(8-9-15)14-10-11(2)6-7-12(14)3/h4-10H,1H2,2-3H3/b9-8-,13-5+. The molecular weight excluding hydrogens is 204 g/mol. The van der Waals surface area contributed by atoms with Crippen LogP contribution in [0, 0.1) is 13.8 Å². The Kier molecular flexibility index (Phi) is 4.38. The number of halogens is 1. The van der Waals surface area contributed by atoms with E-state index < -0.39 is 0 Å². The summed E-state index contributed by atoms with van der Waals surface area (Å²) in [5.74, 6) is 0. The van der Waals surface area contributed by atoms with Crippen molar-refractivity contribution in [2.75, 3.05) is 0 Å². The summed E-state index contributed by atoms with van der Waals surface area (Å²) >= 11 is 5.62. The average Bonchev–Trinajstić information content (AvgIpc) is 2.21. The number of aryl methyl sites for hydroxylation is 2. The molecule has 78 valence electrons. The molecule has 0 saturated carbocycles. The summed E-state index contributed by atoms with van der Waals surface area (Å²) in [4.78, 5) is 0. The Bertz CT molecular complexity index is 411. The molecule has 0 aliphatic carbocycles. The van der Waals surface area contributed by atoms with Crippen LogP contribution in [0.1, 0.15) is 16.7 Å². The maximum Gasteiger partial charge on any atom is 0.00486 e. The van der Waals surface area contributed by atoms with Gasteiger partial charge in [0.25, 0.3) is 0 Å². The van der Waals surface area contributed by atoms with Crippen molar-refractivity contribution >= 4 is 17.2 Å². The molecule has 0 aliphatic rings. The zero-order valence-electron chi connectivity index (χ0n) is 9.13. The molecule has 0 N–H and O–H groups in total.